The minimum absolute atomic E-state index is 0.881. The third kappa shape index (κ3) is 3.76. The molecule has 0 radical (unpaired) electrons. The van der Waals surface area contributed by atoms with Gasteiger partial charge in [0.15, 0.2) is 0 Å². The Labute approximate surface area is 295 Å². The molecule has 0 amide bonds. The van der Waals surface area contributed by atoms with Gasteiger partial charge in [-0.3, -0.25) is 0 Å². The van der Waals surface area contributed by atoms with E-state index in [4.69, 9.17) is 8.83 Å². The fraction of sp³-hybridized carbons (Fsp3) is 0. The fourth-order valence-electron chi connectivity index (χ4n) is 8.65. The normalized spacial score (nSPS) is 12.3. The van der Waals surface area contributed by atoms with Gasteiger partial charge >= 0.3 is 0 Å². The van der Waals surface area contributed by atoms with Gasteiger partial charge in [-0.2, -0.15) is 0 Å². The van der Waals surface area contributed by atoms with Crippen molar-refractivity contribution in [2.75, 3.05) is 0 Å². The van der Waals surface area contributed by atoms with E-state index in [0.717, 1.165) is 60.2 Å². The molecule has 0 saturated heterocycles. The summed E-state index contributed by atoms with van der Waals surface area (Å²) in [6.07, 6.45) is 0. The molecule has 0 aliphatic carbocycles. The summed E-state index contributed by atoms with van der Waals surface area (Å²) >= 11 is 1.86. The molecule has 0 bridgehead atoms. The lowest BCUT2D eigenvalue weighted by Gasteiger charge is -2.18. The highest BCUT2D eigenvalue weighted by molar-refractivity contribution is 7.25. The smallest absolute Gasteiger partial charge is 0.143 e. The van der Waals surface area contributed by atoms with Gasteiger partial charge in [-0.1, -0.05) is 103 Å². The molecule has 236 valence electrons. The van der Waals surface area contributed by atoms with Gasteiger partial charge in [0.25, 0.3) is 0 Å². The standard InChI is InChI=1S/C48H26O2S/c1-3-13-33-31(11-1)45(27-18-24-44-39(25-27)30-10-6-8-16-43(30)51-44)32-12-2-4-14-34(32)46(33)28-17-19-38-42(26-28)49-41-23-22-37-35(47(38)41)20-21-36-29-9-5-7-15-40(29)50-48(36)37/h1-26H. The topological polar surface area (TPSA) is 26.3 Å². The lowest BCUT2D eigenvalue weighted by molar-refractivity contribution is 0.669. The van der Waals surface area contributed by atoms with E-state index < -0.39 is 0 Å². The van der Waals surface area contributed by atoms with Crippen molar-refractivity contribution in [2.45, 2.75) is 0 Å². The first-order valence-electron chi connectivity index (χ1n) is 17.3. The van der Waals surface area contributed by atoms with E-state index >= 15 is 0 Å². The molecule has 12 aromatic rings. The number of thiophene rings is 1. The zero-order chi connectivity index (χ0) is 33.2. The Kier molecular flexibility index (Phi) is 5.41. The van der Waals surface area contributed by atoms with Crippen LogP contribution >= 0.6 is 11.3 Å². The number of hydrogen-bond donors (Lipinski definition) is 0. The molecule has 0 spiro atoms. The van der Waals surface area contributed by atoms with E-state index in [1.807, 2.05) is 23.5 Å². The molecule has 3 aromatic heterocycles. The summed E-state index contributed by atoms with van der Waals surface area (Å²) in [7, 11) is 0. The van der Waals surface area contributed by atoms with Crippen molar-refractivity contribution in [1.29, 1.82) is 0 Å². The summed E-state index contributed by atoms with van der Waals surface area (Å²) in [5.74, 6) is 0. The van der Waals surface area contributed by atoms with Crippen molar-refractivity contribution >= 4 is 108 Å². The van der Waals surface area contributed by atoms with E-state index in [1.165, 1.54) is 58.4 Å². The number of para-hydroxylation sites is 1. The van der Waals surface area contributed by atoms with E-state index in [2.05, 4.69) is 146 Å². The number of hydrogen-bond acceptors (Lipinski definition) is 3. The molecule has 0 aliphatic heterocycles. The second kappa shape index (κ2) is 10.1. The van der Waals surface area contributed by atoms with Gasteiger partial charge in [-0.15, -0.1) is 11.3 Å². The van der Waals surface area contributed by atoms with Crippen molar-refractivity contribution < 1.29 is 8.83 Å². The Morgan fingerprint density at radius 3 is 1.63 bits per heavy atom. The first-order chi connectivity index (χ1) is 25.3. The van der Waals surface area contributed by atoms with Crippen molar-refractivity contribution in [3.05, 3.63) is 158 Å². The van der Waals surface area contributed by atoms with Gasteiger partial charge in [0.2, 0.25) is 0 Å². The Bertz CT molecular complexity index is 3370. The highest BCUT2D eigenvalue weighted by Gasteiger charge is 2.20. The van der Waals surface area contributed by atoms with Crippen molar-refractivity contribution in [3.8, 4) is 22.3 Å². The van der Waals surface area contributed by atoms with E-state index in [9.17, 15) is 0 Å². The summed E-state index contributed by atoms with van der Waals surface area (Å²) in [4.78, 5) is 0. The Morgan fingerprint density at radius 1 is 0.314 bits per heavy atom. The second-order valence-corrected chi connectivity index (χ2v) is 14.6. The van der Waals surface area contributed by atoms with Gasteiger partial charge in [0.1, 0.15) is 22.3 Å². The van der Waals surface area contributed by atoms with Gasteiger partial charge in [-0.25, -0.2) is 0 Å². The predicted molar refractivity (Wildman–Crippen MR) is 217 cm³/mol. The quantitative estimate of drug-likeness (QED) is 0.172. The van der Waals surface area contributed by atoms with E-state index in [1.54, 1.807) is 0 Å². The van der Waals surface area contributed by atoms with Gasteiger partial charge in [0, 0.05) is 47.1 Å². The number of benzene rings is 9. The number of furan rings is 2. The molecule has 0 atom stereocenters. The maximum Gasteiger partial charge on any atom is 0.143 e. The first-order valence-corrected chi connectivity index (χ1v) is 18.1. The molecule has 0 saturated carbocycles. The van der Waals surface area contributed by atoms with Crippen LogP contribution in [0.2, 0.25) is 0 Å². The highest BCUT2D eigenvalue weighted by atomic mass is 32.1. The molecule has 0 unspecified atom stereocenters. The molecule has 2 nitrogen and oxygen atoms in total. The number of fused-ring (bicyclic) bond motifs is 14. The van der Waals surface area contributed by atoms with Crippen LogP contribution in [-0.4, -0.2) is 0 Å². The summed E-state index contributed by atoms with van der Waals surface area (Å²) in [6.45, 7) is 0. The zero-order valence-electron chi connectivity index (χ0n) is 27.2. The molecular formula is C48H26O2S. The molecular weight excluding hydrogens is 641 g/mol. The average Bonchev–Trinajstić information content (AvgIpc) is 3.87. The van der Waals surface area contributed by atoms with E-state index in [-0.39, 0.29) is 0 Å². The van der Waals surface area contributed by atoms with Crippen molar-refractivity contribution in [2.24, 2.45) is 0 Å². The van der Waals surface area contributed by atoms with Crippen molar-refractivity contribution in [1.82, 2.24) is 0 Å². The molecule has 0 fully saturated rings. The molecule has 3 heteroatoms. The largest absolute Gasteiger partial charge is 0.456 e. The predicted octanol–water partition coefficient (Wildman–Crippen LogP) is 14.6. The summed E-state index contributed by atoms with van der Waals surface area (Å²) < 4.78 is 15.7. The number of rotatable bonds is 2. The van der Waals surface area contributed by atoms with Crippen molar-refractivity contribution in [3.63, 3.8) is 0 Å². The Morgan fingerprint density at radius 2 is 0.863 bits per heavy atom. The van der Waals surface area contributed by atoms with E-state index in [0.29, 0.717) is 0 Å². The highest BCUT2D eigenvalue weighted by Crippen LogP contribution is 2.47. The second-order valence-electron chi connectivity index (χ2n) is 13.5. The van der Waals surface area contributed by atoms with Crippen LogP contribution in [-0.2, 0) is 0 Å². The van der Waals surface area contributed by atoms with Crippen LogP contribution < -0.4 is 0 Å². The minimum atomic E-state index is 0.881. The molecule has 0 aliphatic rings. The maximum atomic E-state index is 6.65. The monoisotopic (exact) mass is 666 g/mol. The van der Waals surface area contributed by atoms with Crippen LogP contribution in [0.25, 0.3) is 119 Å². The van der Waals surface area contributed by atoms with Crippen LogP contribution in [0.4, 0.5) is 0 Å². The molecule has 51 heavy (non-hydrogen) atoms. The summed E-state index contributed by atoms with van der Waals surface area (Å²) in [6, 6.07) is 57.1. The van der Waals surface area contributed by atoms with Crippen LogP contribution in [0.5, 0.6) is 0 Å². The minimum Gasteiger partial charge on any atom is -0.456 e. The fourth-order valence-corrected chi connectivity index (χ4v) is 9.74. The van der Waals surface area contributed by atoms with Gasteiger partial charge < -0.3 is 8.83 Å². The lowest BCUT2D eigenvalue weighted by atomic mass is 9.85. The maximum absolute atomic E-state index is 6.65. The average molecular weight is 667 g/mol. The molecule has 0 N–H and O–H groups in total. The summed E-state index contributed by atoms with van der Waals surface area (Å²) in [5.41, 5.74) is 8.47. The molecule has 12 rings (SSSR count). The van der Waals surface area contributed by atoms with Crippen LogP contribution in [0.15, 0.2) is 167 Å². The van der Waals surface area contributed by atoms with Crippen LogP contribution in [0, 0.1) is 0 Å². The van der Waals surface area contributed by atoms with Crippen LogP contribution in [0.1, 0.15) is 0 Å². The van der Waals surface area contributed by atoms with Gasteiger partial charge in [0.05, 0.1) is 0 Å². The van der Waals surface area contributed by atoms with Gasteiger partial charge in [-0.05, 0) is 104 Å². The molecule has 3 heterocycles. The molecule has 9 aromatic carbocycles. The summed E-state index contributed by atoms with van der Waals surface area (Å²) in [5, 5.41) is 14.3. The Hall–Kier alpha value is -6.42. The lowest BCUT2D eigenvalue weighted by Crippen LogP contribution is -1.90. The first kappa shape index (κ1) is 27.4. The SMILES string of the molecule is c1ccc2c(c1)oc1c2ccc2c1ccc1oc3cc(-c4c5ccccc5c(-c5ccc6sc7ccccc7c6c5)c5ccccc45)ccc3c12. The third-order valence-electron chi connectivity index (χ3n) is 10.9. The zero-order valence-corrected chi connectivity index (χ0v) is 28.1. The third-order valence-corrected chi connectivity index (χ3v) is 12.0. The Balaban J connectivity index is 1.10. The van der Waals surface area contributed by atoms with Crippen LogP contribution in [0.3, 0.4) is 0 Å².